The van der Waals surface area contributed by atoms with Gasteiger partial charge in [-0.15, -0.1) is 0 Å². The number of hydrogen-bond acceptors (Lipinski definition) is 3. The van der Waals surface area contributed by atoms with E-state index >= 15 is 0 Å². The van der Waals surface area contributed by atoms with E-state index in [1.165, 1.54) is 6.21 Å². The van der Waals surface area contributed by atoms with Crippen molar-refractivity contribution in [1.82, 2.24) is 15.6 Å². The molecule has 0 atom stereocenters. The summed E-state index contributed by atoms with van der Waals surface area (Å²) in [6.07, 6.45) is 1.42. The summed E-state index contributed by atoms with van der Waals surface area (Å²) in [5, 5.41) is 12.5. The Kier molecular flexibility index (Phi) is 5.84. The predicted octanol–water partition coefficient (Wildman–Crippen LogP) is 5.45. The molecular formula is C17H10Cl4N4O. The first-order chi connectivity index (χ1) is 12.4. The van der Waals surface area contributed by atoms with Crippen LogP contribution in [-0.2, 0) is 0 Å². The van der Waals surface area contributed by atoms with Gasteiger partial charge in [-0.05, 0) is 36.4 Å². The molecule has 9 heteroatoms. The molecule has 3 aromatic rings. The summed E-state index contributed by atoms with van der Waals surface area (Å²) in [6, 6.07) is 11.5. The SMILES string of the molecule is O=C(NN=Cc1ccc(Cl)cc1Cl)c1cc(-c2ccc(Cl)cc2Cl)n[nH]1. The number of rotatable bonds is 4. The average Bonchev–Trinajstić information content (AvgIpc) is 3.06. The third-order valence-corrected chi connectivity index (χ3v) is 4.47. The van der Waals surface area contributed by atoms with Gasteiger partial charge in [0.2, 0.25) is 0 Å². The van der Waals surface area contributed by atoms with Crippen LogP contribution in [0.3, 0.4) is 0 Å². The molecule has 0 unspecified atom stereocenters. The average molecular weight is 428 g/mol. The van der Waals surface area contributed by atoms with Gasteiger partial charge >= 0.3 is 0 Å². The molecule has 1 amide bonds. The Morgan fingerprint density at radius 3 is 2.38 bits per heavy atom. The lowest BCUT2D eigenvalue weighted by Crippen LogP contribution is -2.18. The summed E-state index contributed by atoms with van der Waals surface area (Å²) in [5.74, 6) is -0.463. The maximum Gasteiger partial charge on any atom is 0.289 e. The van der Waals surface area contributed by atoms with E-state index in [-0.39, 0.29) is 5.69 Å². The van der Waals surface area contributed by atoms with E-state index in [2.05, 4.69) is 20.7 Å². The minimum atomic E-state index is -0.463. The molecule has 0 aliphatic heterocycles. The van der Waals surface area contributed by atoms with E-state index in [4.69, 9.17) is 46.4 Å². The number of hydrogen-bond donors (Lipinski definition) is 2. The van der Waals surface area contributed by atoms with E-state index in [1.54, 1.807) is 42.5 Å². The van der Waals surface area contributed by atoms with Gasteiger partial charge in [-0.3, -0.25) is 9.89 Å². The third kappa shape index (κ3) is 4.37. The van der Waals surface area contributed by atoms with Gasteiger partial charge in [0.05, 0.1) is 22.0 Å². The van der Waals surface area contributed by atoms with Gasteiger partial charge in [0.1, 0.15) is 5.69 Å². The highest BCUT2D eigenvalue weighted by Crippen LogP contribution is 2.29. The van der Waals surface area contributed by atoms with Crippen molar-refractivity contribution in [3.8, 4) is 11.3 Å². The molecule has 0 radical (unpaired) electrons. The molecule has 0 fully saturated rings. The van der Waals surface area contributed by atoms with Gasteiger partial charge in [0, 0.05) is 21.2 Å². The summed E-state index contributed by atoms with van der Waals surface area (Å²) in [7, 11) is 0. The van der Waals surface area contributed by atoms with Crippen molar-refractivity contribution < 1.29 is 4.79 Å². The van der Waals surface area contributed by atoms with Gasteiger partial charge < -0.3 is 0 Å². The van der Waals surface area contributed by atoms with Crippen molar-refractivity contribution in [3.05, 3.63) is 73.8 Å². The van der Waals surface area contributed by atoms with Gasteiger partial charge in [-0.2, -0.15) is 10.2 Å². The monoisotopic (exact) mass is 426 g/mol. The van der Waals surface area contributed by atoms with Gasteiger partial charge in [-0.25, -0.2) is 5.43 Å². The maximum atomic E-state index is 12.2. The Bertz CT molecular complexity index is 1000. The second kappa shape index (κ2) is 8.10. The molecule has 0 aliphatic carbocycles. The second-order valence-electron chi connectivity index (χ2n) is 5.16. The van der Waals surface area contributed by atoms with Gasteiger partial charge in [-0.1, -0.05) is 52.5 Å². The Morgan fingerprint density at radius 2 is 1.69 bits per heavy atom. The Morgan fingerprint density at radius 1 is 1.00 bits per heavy atom. The molecule has 2 aromatic carbocycles. The highest BCUT2D eigenvalue weighted by atomic mass is 35.5. The molecule has 0 spiro atoms. The molecule has 0 saturated carbocycles. The number of hydrazone groups is 1. The molecule has 2 N–H and O–H groups in total. The number of carbonyl (C=O) groups is 1. The van der Waals surface area contributed by atoms with Crippen LogP contribution < -0.4 is 5.43 Å². The Labute approximate surface area is 168 Å². The van der Waals surface area contributed by atoms with Crippen LogP contribution in [0.5, 0.6) is 0 Å². The first-order valence-corrected chi connectivity index (χ1v) is 8.74. The van der Waals surface area contributed by atoms with Gasteiger partial charge in [0.25, 0.3) is 5.91 Å². The van der Waals surface area contributed by atoms with Gasteiger partial charge in [0.15, 0.2) is 0 Å². The number of nitrogens with one attached hydrogen (secondary N) is 2. The lowest BCUT2D eigenvalue weighted by atomic mass is 10.1. The summed E-state index contributed by atoms with van der Waals surface area (Å²) >= 11 is 23.9. The smallest absolute Gasteiger partial charge is 0.272 e. The summed E-state index contributed by atoms with van der Waals surface area (Å²) in [5.41, 5.74) is 4.41. The lowest BCUT2D eigenvalue weighted by molar-refractivity contribution is 0.0950. The van der Waals surface area contributed by atoms with Crippen LogP contribution in [0.2, 0.25) is 20.1 Å². The number of carbonyl (C=O) groups excluding carboxylic acids is 1. The van der Waals surface area contributed by atoms with Crippen LogP contribution >= 0.6 is 46.4 Å². The molecule has 5 nitrogen and oxygen atoms in total. The maximum absolute atomic E-state index is 12.2. The zero-order valence-electron chi connectivity index (χ0n) is 12.9. The highest BCUT2D eigenvalue weighted by Gasteiger charge is 2.12. The summed E-state index contributed by atoms with van der Waals surface area (Å²) in [6.45, 7) is 0. The second-order valence-corrected chi connectivity index (χ2v) is 6.84. The van der Waals surface area contributed by atoms with Crippen LogP contribution in [0.15, 0.2) is 47.6 Å². The number of benzene rings is 2. The molecule has 1 heterocycles. The molecule has 1 aromatic heterocycles. The number of aromatic nitrogens is 2. The first kappa shape index (κ1) is 18.7. The van der Waals surface area contributed by atoms with Crippen molar-refractivity contribution in [2.24, 2.45) is 5.10 Å². The van der Waals surface area contributed by atoms with Crippen LogP contribution in [0, 0.1) is 0 Å². The molecule has 132 valence electrons. The van der Waals surface area contributed by atoms with Crippen molar-refractivity contribution in [2.45, 2.75) is 0 Å². The number of nitrogens with zero attached hydrogens (tertiary/aromatic N) is 2. The zero-order chi connectivity index (χ0) is 18.7. The van der Waals surface area contributed by atoms with Crippen molar-refractivity contribution in [1.29, 1.82) is 0 Å². The normalized spacial score (nSPS) is 11.1. The van der Waals surface area contributed by atoms with Crippen molar-refractivity contribution in [2.75, 3.05) is 0 Å². The molecule has 0 aliphatic rings. The Hall–Kier alpha value is -2.05. The fourth-order valence-electron chi connectivity index (χ4n) is 2.10. The fourth-order valence-corrected chi connectivity index (χ4v) is 3.06. The largest absolute Gasteiger partial charge is 0.289 e. The third-order valence-electron chi connectivity index (χ3n) is 3.36. The minimum Gasteiger partial charge on any atom is -0.272 e. The standard InChI is InChI=1S/C17H10Cl4N4O/c18-10-2-1-9(13(20)5-10)8-22-25-17(26)16-7-15(23-24-16)12-4-3-11(19)6-14(12)21/h1-8H,(H,23,24)(H,25,26). The van der Waals surface area contributed by atoms with E-state index in [1.807, 2.05) is 0 Å². The number of aromatic amines is 1. The van der Waals surface area contributed by atoms with Crippen LogP contribution in [0.4, 0.5) is 0 Å². The molecule has 26 heavy (non-hydrogen) atoms. The topological polar surface area (TPSA) is 70.1 Å². The van der Waals surface area contributed by atoms with Crippen molar-refractivity contribution in [3.63, 3.8) is 0 Å². The number of H-pyrrole nitrogens is 1. The zero-order valence-corrected chi connectivity index (χ0v) is 16.0. The summed E-state index contributed by atoms with van der Waals surface area (Å²) < 4.78 is 0. The van der Waals surface area contributed by atoms with Crippen LogP contribution in [0.25, 0.3) is 11.3 Å². The number of halogens is 4. The van der Waals surface area contributed by atoms with Crippen LogP contribution in [0.1, 0.15) is 16.1 Å². The van der Waals surface area contributed by atoms with Crippen molar-refractivity contribution >= 4 is 58.5 Å². The predicted molar refractivity (Wildman–Crippen MR) is 106 cm³/mol. The quantitative estimate of drug-likeness (QED) is 0.429. The molecule has 3 rings (SSSR count). The highest BCUT2D eigenvalue weighted by molar-refractivity contribution is 6.36. The summed E-state index contributed by atoms with van der Waals surface area (Å²) in [4.78, 5) is 12.2. The molecule has 0 bridgehead atoms. The first-order valence-electron chi connectivity index (χ1n) is 7.23. The Balaban J connectivity index is 1.71. The van der Waals surface area contributed by atoms with E-state index < -0.39 is 5.91 Å². The van der Waals surface area contributed by atoms with Crippen LogP contribution in [-0.4, -0.2) is 22.3 Å². The lowest BCUT2D eigenvalue weighted by Gasteiger charge is -2.00. The van der Waals surface area contributed by atoms with E-state index in [0.29, 0.717) is 36.9 Å². The minimum absolute atomic E-state index is 0.227. The molecular weight excluding hydrogens is 418 g/mol. The molecule has 0 saturated heterocycles. The fraction of sp³-hybridized carbons (Fsp3) is 0. The number of amides is 1. The van der Waals surface area contributed by atoms with E-state index in [9.17, 15) is 4.79 Å². The van der Waals surface area contributed by atoms with E-state index in [0.717, 1.165) is 0 Å².